The smallest absolute Gasteiger partial charge is 0.121 e. The molecule has 2 rings (SSSR count). The van der Waals surface area contributed by atoms with E-state index in [1.54, 1.807) is 12.1 Å². The van der Waals surface area contributed by atoms with Crippen LogP contribution in [-0.4, -0.2) is 41.6 Å². The van der Waals surface area contributed by atoms with E-state index < -0.39 is 6.10 Å². The molecule has 0 fully saturated rings. The second-order valence-electron chi connectivity index (χ2n) is 7.03. The number of aromatic hydroxyl groups is 1. The molecule has 154 valence electrons. The number of rotatable bonds is 14. The van der Waals surface area contributed by atoms with E-state index >= 15 is 0 Å². The molecule has 0 aromatic heterocycles. The molecule has 1 unspecified atom stereocenters. The Hall–Kier alpha value is -1.92. The first-order chi connectivity index (χ1) is 13.7. The molecule has 0 aliphatic heterocycles. The molecule has 0 amide bonds. The third-order valence-corrected chi connectivity index (χ3v) is 4.74. The quantitative estimate of drug-likeness (QED) is 0.374. The number of hydrogen-bond acceptors (Lipinski definition) is 5. The highest BCUT2D eigenvalue weighted by atomic mass is 16.5. The number of nitrogens with one attached hydrogen (secondary N) is 1. The maximum absolute atomic E-state index is 10.2. The second-order valence-corrected chi connectivity index (χ2v) is 7.03. The first-order valence-electron chi connectivity index (χ1n) is 10.1. The van der Waals surface area contributed by atoms with Crippen molar-refractivity contribution < 1.29 is 20.1 Å². The zero-order valence-electron chi connectivity index (χ0n) is 16.5. The predicted octanol–water partition coefficient (Wildman–Crippen LogP) is 3.33. The van der Waals surface area contributed by atoms with Crippen LogP contribution in [0.2, 0.25) is 0 Å². The first-order valence-corrected chi connectivity index (χ1v) is 10.1. The largest absolute Gasteiger partial charge is 0.508 e. The molecular formula is C23H33NO4. The number of aliphatic hydroxyl groups excluding tert-OH is 2. The van der Waals surface area contributed by atoms with Gasteiger partial charge in [-0.25, -0.2) is 0 Å². The van der Waals surface area contributed by atoms with E-state index in [1.165, 1.54) is 11.6 Å². The van der Waals surface area contributed by atoms with E-state index in [2.05, 4.69) is 29.6 Å². The maximum atomic E-state index is 10.2. The first kappa shape index (κ1) is 22.4. The van der Waals surface area contributed by atoms with Crippen LogP contribution in [-0.2, 0) is 17.8 Å². The third kappa shape index (κ3) is 8.40. The molecule has 2 aromatic carbocycles. The highest BCUT2D eigenvalue weighted by Gasteiger charge is 2.09. The van der Waals surface area contributed by atoms with Crippen molar-refractivity contribution in [1.29, 1.82) is 0 Å². The number of ether oxygens (including phenoxy) is 1. The van der Waals surface area contributed by atoms with Crippen LogP contribution in [0.4, 0.5) is 0 Å². The molecule has 0 heterocycles. The molecule has 0 saturated carbocycles. The van der Waals surface area contributed by atoms with Gasteiger partial charge in [0.1, 0.15) is 5.75 Å². The van der Waals surface area contributed by atoms with Crippen molar-refractivity contribution in [1.82, 2.24) is 5.32 Å². The van der Waals surface area contributed by atoms with Crippen molar-refractivity contribution in [2.45, 2.75) is 44.8 Å². The van der Waals surface area contributed by atoms with Crippen LogP contribution < -0.4 is 5.32 Å². The summed E-state index contributed by atoms with van der Waals surface area (Å²) in [6.45, 7) is 2.60. The lowest BCUT2D eigenvalue weighted by Crippen LogP contribution is -2.22. The van der Waals surface area contributed by atoms with Gasteiger partial charge in [0.25, 0.3) is 0 Å². The topological polar surface area (TPSA) is 82.0 Å². The van der Waals surface area contributed by atoms with Gasteiger partial charge in [-0.05, 0) is 61.9 Å². The Morgan fingerprint density at radius 2 is 1.68 bits per heavy atom. The molecular weight excluding hydrogens is 354 g/mol. The Morgan fingerprint density at radius 1 is 0.929 bits per heavy atom. The van der Waals surface area contributed by atoms with Crippen molar-refractivity contribution in [2.75, 3.05) is 26.3 Å². The normalized spacial score (nSPS) is 12.2. The van der Waals surface area contributed by atoms with E-state index in [-0.39, 0.29) is 12.4 Å². The van der Waals surface area contributed by atoms with Crippen LogP contribution in [0.3, 0.4) is 0 Å². The van der Waals surface area contributed by atoms with Gasteiger partial charge >= 0.3 is 0 Å². The summed E-state index contributed by atoms with van der Waals surface area (Å²) in [5.74, 6) is 0.0477. The van der Waals surface area contributed by atoms with Gasteiger partial charge in [-0.2, -0.15) is 0 Å². The summed E-state index contributed by atoms with van der Waals surface area (Å²) < 4.78 is 5.68. The van der Waals surface area contributed by atoms with Crippen LogP contribution >= 0.6 is 0 Å². The lowest BCUT2D eigenvalue weighted by molar-refractivity contribution is 0.126. The minimum atomic E-state index is -0.660. The highest BCUT2D eigenvalue weighted by Crippen LogP contribution is 2.22. The number of aliphatic hydroxyl groups is 2. The molecule has 0 aliphatic carbocycles. The van der Waals surface area contributed by atoms with Gasteiger partial charge in [-0.1, -0.05) is 36.4 Å². The minimum Gasteiger partial charge on any atom is -0.508 e. The maximum Gasteiger partial charge on any atom is 0.121 e. The van der Waals surface area contributed by atoms with Crippen molar-refractivity contribution in [3.63, 3.8) is 0 Å². The molecule has 4 N–H and O–H groups in total. The lowest BCUT2D eigenvalue weighted by Gasteiger charge is -2.14. The van der Waals surface area contributed by atoms with E-state index in [0.717, 1.165) is 51.9 Å². The van der Waals surface area contributed by atoms with Crippen molar-refractivity contribution in [3.8, 4) is 5.75 Å². The zero-order valence-corrected chi connectivity index (χ0v) is 16.5. The standard InChI is InChI=1S/C23H33NO4/c25-18-21-16-20(11-12-22(21)26)23(27)17-24-13-5-7-15-28-14-6-4-10-19-8-2-1-3-9-19/h1-3,8-9,11-12,16,23-27H,4-7,10,13-15,17-18H2. The SMILES string of the molecule is OCc1cc(C(O)CNCCCCOCCCCc2ccccc2)ccc1O. The lowest BCUT2D eigenvalue weighted by atomic mass is 10.1. The summed E-state index contributed by atoms with van der Waals surface area (Å²) in [6.07, 6.45) is 4.67. The van der Waals surface area contributed by atoms with Gasteiger partial charge in [0.15, 0.2) is 0 Å². The Morgan fingerprint density at radius 3 is 2.43 bits per heavy atom. The highest BCUT2D eigenvalue weighted by molar-refractivity contribution is 5.36. The number of aryl methyl sites for hydroxylation is 1. The van der Waals surface area contributed by atoms with Gasteiger partial charge < -0.3 is 25.4 Å². The summed E-state index contributed by atoms with van der Waals surface area (Å²) in [5.41, 5.74) is 2.50. The predicted molar refractivity (Wildman–Crippen MR) is 111 cm³/mol. The van der Waals surface area contributed by atoms with Crippen LogP contribution in [0, 0.1) is 0 Å². The number of benzene rings is 2. The van der Waals surface area contributed by atoms with Crippen molar-refractivity contribution in [3.05, 3.63) is 65.2 Å². The van der Waals surface area contributed by atoms with Gasteiger partial charge in [-0.3, -0.25) is 0 Å². The number of hydrogen-bond donors (Lipinski definition) is 4. The van der Waals surface area contributed by atoms with Crippen LogP contribution in [0.15, 0.2) is 48.5 Å². The molecule has 0 saturated heterocycles. The van der Waals surface area contributed by atoms with Crippen molar-refractivity contribution >= 4 is 0 Å². The van der Waals surface area contributed by atoms with Gasteiger partial charge in [0, 0.05) is 25.3 Å². The Bertz CT molecular complexity index is 663. The molecule has 0 radical (unpaired) electrons. The molecule has 5 heteroatoms. The fourth-order valence-corrected chi connectivity index (χ4v) is 3.03. The molecule has 28 heavy (non-hydrogen) atoms. The average molecular weight is 388 g/mol. The fourth-order valence-electron chi connectivity index (χ4n) is 3.03. The molecule has 1 atom stereocenters. The molecule has 0 spiro atoms. The molecule has 2 aromatic rings. The molecule has 5 nitrogen and oxygen atoms in total. The van der Waals surface area contributed by atoms with E-state index in [4.69, 9.17) is 4.74 Å². The van der Waals surface area contributed by atoms with Crippen LogP contribution in [0.1, 0.15) is 48.5 Å². The number of unbranched alkanes of at least 4 members (excludes halogenated alkanes) is 2. The van der Waals surface area contributed by atoms with E-state index in [9.17, 15) is 15.3 Å². The van der Waals surface area contributed by atoms with Gasteiger partial charge in [0.2, 0.25) is 0 Å². The van der Waals surface area contributed by atoms with Crippen molar-refractivity contribution in [2.24, 2.45) is 0 Å². The summed E-state index contributed by atoms with van der Waals surface area (Å²) in [6, 6.07) is 15.3. The zero-order chi connectivity index (χ0) is 20.0. The summed E-state index contributed by atoms with van der Waals surface area (Å²) in [4.78, 5) is 0. The second kappa shape index (κ2) is 13.3. The van der Waals surface area contributed by atoms with Gasteiger partial charge in [0.05, 0.1) is 12.7 Å². The minimum absolute atomic E-state index is 0.0477. The Labute approximate surface area is 168 Å². The summed E-state index contributed by atoms with van der Waals surface area (Å²) >= 11 is 0. The molecule has 0 bridgehead atoms. The van der Waals surface area contributed by atoms with E-state index in [0.29, 0.717) is 17.7 Å². The van der Waals surface area contributed by atoms with Crippen LogP contribution in [0.25, 0.3) is 0 Å². The number of phenols is 1. The van der Waals surface area contributed by atoms with Gasteiger partial charge in [-0.15, -0.1) is 0 Å². The van der Waals surface area contributed by atoms with E-state index in [1.807, 2.05) is 6.07 Å². The monoisotopic (exact) mass is 387 g/mol. The summed E-state index contributed by atoms with van der Waals surface area (Å²) in [5, 5.41) is 32.2. The average Bonchev–Trinajstić information content (AvgIpc) is 2.73. The summed E-state index contributed by atoms with van der Waals surface area (Å²) in [7, 11) is 0. The third-order valence-electron chi connectivity index (χ3n) is 4.74. The Kier molecular flexibility index (Phi) is 10.6. The van der Waals surface area contributed by atoms with Crippen LogP contribution in [0.5, 0.6) is 5.75 Å². The molecule has 0 aliphatic rings. The Balaban J connectivity index is 1.44. The fraction of sp³-hybridized carbons (Fsp3) is 0.478.